The molecule has 0 atom stereocenters. The van der Waals surface area contributed by atoms with Crippen molar-refractivity contribution in [2.75, 3.05) is 5.32 Å². The van der Waals surface area contributed by atoms with E-state index < -0.39 is 21.5 Å². The summed E-state index contributed by atoms with van der Waals surface area (Å²) in [5, 5.41) is 6.40. The average Bonchev–Trinajstić information content (AvgIpc) is 3.31. The van der Waals surface area contributed by atoms with Crippen molar-refractivity contribution in [2.45, 2.75) is 58.1 Å². The third-order valence-electron chi connectivity index (χ3n) is 4.21. The lowest BCUT2D eigenvalue weighted by molar-refractivity contribution is 0.0991. The van der Waals surface area contributed by atoms with Crippen LogP contribution >= 0.6 is 0 Å². The van der Waals surface area contributed by atoms with Gasteiger partial charge in [-0.2, -0.15) is 4.98 Å². The number of nitrogens with zero attached hydrogens (tertiary/aromatic N) is 2. The highest BCUT2D eigenvalue weighted by Crippen LogP contribution is 2.31. The minimum absolute atomic E-state index is 0.0885. The van der Waals surface area contributed by atoms with E-state index >= 15 is 0 Å². The number of para-hydroxylation sites is 1. The molecular weight excluding hydrogens is 420 g/mol. The summed E-state index contributed by atoms with van der Waals surface area (Å²) in [6.45, 7) is 10.9. The second kappa shape index (κ2) is 8.27. The zero-order valence-electron chi connectivity index (χ0n) is 18.3. The summed E-state index contributed by atoms with van der Waals surface area (Å²) < 4.78 is 38.0. The van der Waals surface area contributed by atoms with Crippen molar-refractivity contribution in [3.8, 4) is 11.5 Å². The highest BCUT2D eigenvalue weighted by molar-refractivity contribution is 7.89. The summed E-state index contributed by atoms with van der Waals surface area (Å²) in [5.74, 6) is 0.180. The molecule has 0 unspecified atom stereocenters. The van der Waals surface area contributed by atoms with Gasteiger partial charge in [0.2, 0.25) is 5.09 Å². The summed E-state index contributed by atoms with van der Waals surface area (Å²) in [7, 11) is -3.90. The number of rotatable bonds is 6. The van der Waals surface area contributed by atoms with E-state index in [4.69, 9.17) is 8.94 Å². The van der Waals surface area contributed by atoms with Crippen LogP contribution in [-0.2, 0) is 10.0 Å². The monoisotopic (exact) mass is 446 g/mol. The first-order valence-corrected chi connectivity index (χ1v) is 11.2. The maximum absolute atomic E-state index is 12.8. The fourth-order valence-electron chi connectivity index (χ4n) is 2.81. The number of sulfonamides is 1. The van der Waals surface area contributed by atoms with Gasteiger partial charge < -0.3 is 14.3 Å². The molecule has 0 bridgehead atoms. The highest BCUT2D eigenvalue weighted by atomic mass is 32.2. The Morgan fingerprint density at radius 2 is 1.84 bits per heavy atom. The number of aromatic nitrogens is 2. The number of nitrogens with one attached hydrogen (secondary N) is 2. The van der Waals surface area contributed by atoms with Crippen molar-refractivity contribution in [3.05, 3.63) is 47.5 Å². The molecule has 10 heteroatoms. The largest absolute Gasteiger partial charge is 0.438 e. The molecule has 2 aromatic heterocycles. The van der Waals surface area contributed by atoms with Crippen molar-refractivity contribution in [3.63, 3.8) is 0 Å². The van der Waals surface area contributed by atoms with Crippen LogP contribution in [0.5, 0.6) is 0 Å². The first-order valence-electron chi connectivity index (χ1n) is 9.76. The molecule has 3 rings (SSSR count). The van der Waals surface area contributed by atoms with E-state index in [1.807, 2.05) is 32.9 Å². The molecule has 166 valence electrons. The van der Waals surface area contributed by atoms with Gasteiger partial charge in [0.15, 0.2) is 11.6 Å². The van der Waals surface area contributed by atoms with Gasteiger partial charge in [-0.15, -0.1) is 0 Å². The molecule has 0 aliphatic heterocycles. The molecular formula is C21H26N4O5S. The number of anilines is 1. The van der Waals surface area contributed by atoms with Crippen LogP contribution in [0.25, 0.3) is 11.5 Å². The predicted octanol–water partition coefficient (Wildman–Crippen LogP) is 4.09. The van der Waals surface area contributed by atoms with Gasteiger partial charge in [0.05, 0.1) is 11.3 Å². The lowest BCUT2D eigenvalue weighted by atomic mass is 10.1. The van der Waals surface area contributed by atoms with Gasteiger partial charge in [0.1, 0.15) is 0 Å². The third kappa shape index (κ3) is 5.20. The Morgan fingerprint density at radius 3 is 2.45 bits per heavy atom. The molecule has 0 radical (unpaired) electrons. The Labute approximate surface area is 181 Å². The Kier molecular flexibility index (Phi) is 6.06. The number of amides is 1. The Balaban J connectivity index is 1.89. The number of carbonyl (C=O) groups is 1. The van der Waals surface area contributed by atoms with Crippen LogP contribution in [0.4, 0.5) is 5.69 Å². The molecule has 0 spiro atoms. The lowest BCUT2D eigenvalue weighted by Gasteiger charge is -2.19. The van der Waals surface area contributed by atoms with Gasteiger partial charge >= 0.3 is 0 Å². The van der Waals surface area contributed by atoms with Gasteiger partial charge in [-0.1, -0.05) is 31.1 Å². The second-order valence-electron chi connectivity index (χ2n) is 8.54. The second-order valence-corrected chi connectivity index (χ2v) is 10.2. The summed E-state index contributed by atoms with van der Waals surface area (Å²) in [5.41, 5.74) is 1.11. The van der Waals surface area contributed by atoms with E-state index in [0.717, 1.165) is 5.56 Å². The van der Waals surface area contributed by atoms with E-state index in [2.05, 4.69) is 20.2 Å². The SMILES string of the molecule is Cc1cccc(-c2nc(C(C)C)no2)c1NC(=O)c1ccc(S(=O)(=O)NC(C)(C)C)o1. The molecule has 1 amide bonds. The average molecular weight is 447 g/mol. The van der Waals surface area contributed by atoms with Crippen LogP contribution < -0.4 is 10.0 Å². The maximum atomic E-state index is 12.8. The lowest BCUT2D eigenvalue weighted by Crippen LogP contribution is -2.40. The van der Waals surface area contributed by atoms with Gasteiger partial charge in [0, 0.05) is 11.5 Å². The van der Waals surface area contributed by atoms with Crippen molar-refractivity contribution in [1.82, 2.24) is 14.9 Å². The first kappa shape index (κ1) is 22.7. The van der Waals surface area contributed by atoms with Gasteiger partial charge in [-0.25, -0.2) is 13.1 Å². The zero-order valence-corrected chi connectivity index (χ0v) is 19.1. The smallest absolute Gasteiger partial charge is 0.291 e. The maximum Gasteiger partial charge on any atom is 0.291 e. The molecule has 0 saturated carbocycles. The predicted molar refractivity (Wildman–Crippen MR) is 115 cm³/mol. The molecule has 9 nitrogen and oxygen atoms in total. The Morgan fingerprint density at radius 1 is 1.13 bits per heavy atom. The minimum Gasteiger partial charge on any atom is -0.438 e. The normalized spacial score (nSPS) is 12.4. The molecule has 0 saturated heterocycles. The van der Waals surface area contributed by atoms with E-state index in [9.17, 15) is 13.2 Å². The summed E-state index contributed by atoms with van der Waals surface area (Å²) in [6, 6.07) is 7.95. The first-order chi connectivity index (χ1) is 14.4. The number of hydrogen-bond donors (Lipinski definition) is 2. The molecule has 31 heavy (non-hydrogen) atoms. The molecule has 2 N–H and O–H groups in total. The standard InChI is InChI=1S/C21H26N4O5S/c1-12(2)18-23-20(30-24-18)14-9-7-8-13(3)17(14)22-19(26)15-10-11-16(29-15)31(27,28)25-21(4,5)6/h7-12,25H,1-6H3,(H,22,26). The Bertz CT molecular complexity index is 1200. The number of carbonyl (C=O) groups excluding carboxylic acids is 1. The minimum atomic E-state index is -3.90. The van der Waals surface area contributed by atoms with Crippen LogP contribution in [0.2, 0.25) is 0 Å². The van der Waals surface area contributed by atoms with Gasteiger partial charge in [-0.3, -0.25) is 4.79 Å². The topological polar surface area (TPSA) is 127 Å². The van der Waals surface area contributed by atoms with Crippen LogP contribution in [0, 0.1) is 6.92 Å². The quantitative estimate of drug-likeness (QED) is 0.584. The van der Waals surface area contributed by atoms with Crippen molar-refractivity contribution >= 4 is 21.6 Å². The molecule has 1 aromatic carbocycles. The summed E-state index contributed by atoms with van der Waals surface area (Å²) in [4.78, 5) is 17.2. The van der Waals surface area contributed by atoms with Crippen molar-refractivity contribution in [2.24, 2.45) is 0 Å². The number of furan rings is 1. The van der Waals surface area contributed by atoms with Gasteiger partial charge in [-0.05, 0) is 51.5 Å². The van der Waals surface area contributed by atoms with Crippen molar-refractivity contribution in [1.29, 1.82) is 0 Å². The van der Waals surface area contributed by atoms with Crippen LogP contribution in [-0.4, -0.2) is 30.0 Å². The van der Waals surface area contributed by atoms with E-state index in [-0.39, 0.29) is 22.7 Å². The molecule has 3 aromatic rings. The molecule has 0 fully saturated rings. The van der Waals surface area contributed by atoms with E-state index in [1.165, 1.54) is 12.1 Å². The number of benzene rings is 1. The van der Waals surface area contributed by atoms with Crippen molar-refractivity contribution < 1.29 is 22.2 Å². The van der Waals surface area contributed by atoms with Crippen LogP contribution in [0.3, 0.4) is 0 Å². The van der Waals surface area contributed by atoms with Gasteiger partial charge in [0.25, 0.3) is 21.8 Å². The Hall–Kier alpha value is -2.98. The molecule has 0 aliphatic carbocycles. The summed E-state index contributed by atoms with van der Waals surface area (Å²) >= 11 is 0. The molecule has 2 heterocycles. The number of hydrogen-bond acceptors (Lipinski definition) is 7. The molecule has 0 aliphatic rings. The van der Waals surface area contributed by atoms with Crippen LogP contribution in [0.15, 0.2) is 44.4 Å². The zero-order chi connectivity index (χ0) is 23.0. The van der Waals surface area contributed by atoms with Crippen LogP contribution in [0.1, 0.15) is 62.5 Å². The van der Waals surface area contributed by atoms with E-state index in [0.29, 0.717) is 17.1 Å². The fraction of sp³-hybridized carbons (Fsp3) is 0.381. The summed E-state index contributed by atoms with van der Waals surface area (Å²) in [6.07, 6.45) is 0. The highest BCUT2D eigenvalue weighted by Gasteiger charge is 2.27. The number of aryl methyl sites for hydroxylation is 1. The van der Waals surface area contributed by atoms with E-state index in [1.54, 1.807) is 26.8 Å². The fourth-order valence-corrected chi connectivity index (χ4v) is 4.16. The third-order valence-corrected chi connectivity index (χ3v) is 5.84.